The summed E-state index contributed by atoms with van der Waals surface area (Å²) in [6, 6.07) is 5.36. The van der Waals surface area contributed by atoms with Crippen LogP contribution in [0.2, 0.25) is 0 Å². The van der Waals surface area contributed by atoms with Gasteiger partial charge in [0.1, 0.15) is 0 Å². The highest BCUT2D eigenvalue weighted by molar-refractivity contribution is 7.91. The smallest absolute Gasteiger partial charge is 0.238 e. The van der Waals surface area contributed by atoms with Gasteiger partial charge in [-0.25, -0.2) is 22.0 Å². The van der Waals surface area contributed by atoms with E-state index in [4.69, 9.17) is 5.14 Å². The number of rotatable bonds is 3. The monoisotopic (exact) mass is 318 g/mol. The molecule has 3 N–H and O–H groups in total. The van der Waals surface area contributed by atoms with Gasteiger partial charge in [0.05, 0.1) is 22.3 Å². The Morgan fingerprint density at radius 3 is 2.30 bits per heavy atom. The van der Waals surface area contributed by atoms with E-state index in [0.717, 1.165) is 0 Å². The standard InChI is InChI=1S/C11H14N2O5S2/c12-20(17,18)10-3-1-9(2-4-10)13-11(14)8-5-6-19(15,16)7-8/h1-4,8H,5-7H2,(H,13,14)(H2,12,17,18). The third-order valence-electron chi connectivity index (χ3n) is 3.05. The predicted molar refractivity (Wildman–Crippen MR) is 73.2 cm³/mol. The second kappa shape index (κ2) is 5.15. The van der Waals surface area contributed by atoms with Crippen molar-refractivity contribution in [2.24, 2.45) is 11.1 Å². The number of nitrogens with one attached hydrogen (secondary N) is 1. The van der Waals surface area contributed by atoms with Crippen molar-refractivity contribution < 1.29 is 21.6 Å². The van der Waals surface area contributed by atoms with Gasteiger partial charge in [-0.15, -0.1) is 0 Å². The molecule has 0 saturated carbocycles. The number of carbonyl (C=O) groups is 1. The summed E-state index contributed by atoms with van der Waals surface area (Å²) in [6.07, 6.45) is 0.309. The van der Waals surface area contributed by atoms with Crippen molar-refractivity contribution in [3.8, 4) is 0 Å². The lowest BCUT2D eigenvalue weighted by Crippen LogP contribution is -2.23. The highest BCUT2D eigenvalue weighted by Gasteiger charge is 2.32. The fourth-order valence-electron chi connectivity index (χ4n) is 1.97. The molecule has 1 amide bonds. The Hall–Kier alpha value is -1.45. The molecular weight excluding hydrogens is 304 g/mol. The molecule has 1 atom stereocenters. The summed E-state index contributed by atoms with van der Waals surface area (Å²) in [5.41, 5.74) is 0.395. The topological polar surface area (TPSA) is 123 Å². The van der Waals surface area contributed by atoms with Crippen molar-refractivity contribution in [2.75, 3.05) is 16.8 Å². The molecule has 20 heavy (non-hydrogen) atoms. The van der Waals surface area contributed by atoms with Crippen LogP contribution in [0.15, 0.2) is 29.2 Å². The summed E-state index contributed by atoms with van der Waals surface area (Å²) >= 11 is 0. The largest absolute Gasteiger partial charge is 0.326 e. The SMILES string of the molecule is NS(=O)(=O)c1ccc(NC(=O)C2CCS(=O)(=O)C2)cc1. The minimum absolute atomic E-state index is 0.0233. The first-order valence-electron chi connectivity index (χ1n) is 5.81. The molecule has 1 aliphatic rings. The van der Waals surface area contributed by atoms with E-state index in [1.807, 2.05) is 0 Å². The van der Waals surface area contributed by atoms with Crippen LogP contribution in [-0.2, 0) is 24.7 Å². The summed E-state index contributed by atoms with van der Waals surface area (Å²) in [7, 11) is -6.89. The Kier molecular flexibility index (Phi) is 3.85. The van der Waals surface area contributed by atoms with Gasteiger partial charge in [0.15, 0.2) is 9.84 Å². The van der Waals surface area contributed by atoms with Gasteiger partial charge in [-0.3, -0.25) is 4.79 Å². The molecule has 0 radical (unpaired) electrons. The molecule has 1 heterocycles. The average molecular weight is 318 g/mol. The van der Waals surface area contributed by atoms with Crippen LogP contribution >= 0.6 is 0 Å². The lowest BCUT2D eigenvalue weighted by Gasteiger charge is -2.09. The van der Waals surface area contributed by atoms with Crippen molar-refractivity contribution in [2.45, 2.75) is 11.3 Å². The van der Waals surface area contributed by atoms with Gasteiger partial charge in [-0.2, -0.15) is 0 Å². The minimum Gasteiger partial charge on any atom is -0.326 e. The lowest BCUT2D eigenvalue weighted by molar-refractivity contribution is -0.119. The van der Waals surface area contributed by atoms with E-state index in [1.165, 1.54) is 24.3 Å². The number of hydrogen-bond donors (Lipinski definition) is 2. The van der Waals surface area contributed by atoms with E-state index >= 15 is 0 Å². The van der Waals surface area contributed by atoms with Gasteiger partial charge in [0.25, 0.3) is 0 Å². The number of nitrogens with two attached hydrogens (primary N) is 1. The fraction of sp³-hybridized carbons (Fsp3) is 0.364. The van der Waals surface area contributed by atoms with E-state index in [9.17, 15) is 21.6 Å². The van der Waals surface area contributed by atoms with Gasteiger partial charge in [0, 0.05) is 5.69 Å². The molecule has 1 saturated heterocycles. The molecule has 0 spiro atoms. The zero-order valence-corrected chi connectivity index (χ0v) is 12.1. The van der Waals surface area contributed by atoms with Crippen LogP contribution in [0.4, 0.5) is 5.69 Å². The summed E-state index contributed by atoms with van der Waals surface area (Å²) in [5, 5.41) is 7.52. The number of primary sulfonamides is 1. The summed E-state index contributed by atoms with van der Waals surface area (Å²) < 4.78 is 44.7. The van der Waals surface area contributed by atoms with Crippen LogP contribution < -0.4 is 10.5 Å². The minimum atomic E-state index is -3.77. The second-order valence-corrected chi connectivity index (χ2v) is 8.45. The van der Waals surface area contributed by atoms with Gasteiger partial charge in [-0.05, 0) is 30.7 Å². The fourth-order valence-corrected chi connectivity index (χ4v) is 4.23. The summed E-state index contributed by atoms with van der Waals surface area (Å²) in [6.45, 7) is 0. The molecule has 1 aromatic rings. The van der Waals surface area contributed by atoms with E-state index < -0.39 is 25.8 Å². The van der Waals surface area contributed by atoms with E-state index in [1.54, 1.807) is 0 Å². The summed E-state index contributed by atoms with van der Waals surface area (Å²) in [4.78, 5) is 11.8. The van der Waals surface area contributed by atoms with Crippen molar-refractivity contribution in [1.29, 1.82) is 0 Å². The zero-order valence-electron chi connectivity index (χ0n) is 10.4. The number of sulfonamides is 1. The van der Waals surface area contributed by atoms with E-state index in [0.29, 0.717) is 12.1 Å². The Morgan fingerprint density at radius 2 is 1.85 bits per heavy atom. The molecule has 2 rings (SSSR count). The Labute approximate surface area is 117 Å². The van der Waals surface area contributed by atoms with Crippen molar-refractivity contribution >= 4 is 31.5 Å². The molecule has 1 aromatic carbocycles. The third kappa shape index (κ3) is 3.56. The highest BCUT2D eigenvalue weighted by atomic mass is 32.2. The van der Waals surface area contributed by atoms with Gasteiger partial charge in [0.2, 0.25) is 15.9 Å². The number of sulfone groups is 1. The quantitative estimate of drug-likeness (QED) is 0.792. The van der Waals surface area contributed by atoms with E-state index in [2.05, 4.69) is 5.32 Å². The normalized spacial score (nSPS) is 21.6. The first-order chi connectivity index (χ1) is 9.17. The van der Waals surface area contributed by atoms with Gasteiger partial charge >= 0.3 is 0 Å². The molecule has 0 bridgehead atoms. The number of carbonyl (C=O) groups excluding carboxylic acids is 1. The number of hydrogen-bond acceptors (Lipinski definition) is 5. The van der Waals surface area contributed by atoms with Gasteiger partial charge in [-0.1, -0.05) is 0 Å². The van der Waals surface area contributed by atoms with Crippen LogP contribution in [0.1, 0.15) is 6.42 Å². The average Bonchev–Trinajstić information content (AvgIpc) is 2.69. The Bertz CT molecular complexity index is 723. The predicted octanol–water partition coefficient (Wildman–Crippen LogP) is -0.293. The maximum absolute atomic E-state index is 11.9. The van der Waals surface area contributed by atoms with E-state index in [-0.39, 0.29) is 22.3 Å². The van der Waals surface area contributed by atoms with Crippen molar-refractivity contribution in [3.05, 3.63) is 24.3 Å². The molecule has 110 valence electrons. The number of benzene rings is 1. The molecule has 0 aliphatic carbocycles. The van der Waals surface area contributed by atoms with Crippen LogP contribution in [0.5, 0.6) is 0 Å². The Balaban J connectivity index is 2.06. The van der Waals surface area contributed by atoms with Crippen LogP contribution in [0.3, 0.4) is 0 Å². The Morgan fingerprint density at radius 1 is 1.25 bits per heavy atom. The highest BCUT2D eigenvalue weighted by Crippen LogP contribution is 2.21. The molecular formula is C11H14N2O5S2. The molecule has 1 aliphatic heterocycles. The van der Waals surface area contributed by atoms with Crippen LogP contribution in [-0.4, -0.2) is 34.2 Å². The van der Waals surface area contributed by atoms with Crippen LogP contribution in [0, 0.1) is 5.92 Å². The van der Waals surface area contributed by atoms with Gasteiger partial charge < -0.3 is 5.32 Å². The summed E-state index contributed by atoms with van der Waals surface area (Å²) in [5.74, 6) is -1.06. The third-order valence-corrected chi connectivity index (χ3v) is 5.75. The molecule has 9 heteroatoms. The number of anilines is 1. The molecule has 1 fully saturated rings. The maximum Gasteiger partial charge on any atom is 0.238 e. The first-order valence-corrected chi connectivity index (χ1v) is 9.18. The lowest BCUT2D eigenvalue weighted by atomic mass is 10.1. The zero-order chi connectivity index (χ0) is 15.0. The molecule has 0 aromatic heterocycles. The molecule has 7 nitrogen and oxygen atoms in total. The van der Waals surface area contributed by atoms with Crippen LogP contribution in [0.25, 0.3) is 0 Å². The van der Waals surface area contributed by atoms with Crippen molar-refractivity contribution in [1.82, 2.24) is 0 Å². The maximum atomic E-state index is 11.9. The second-order valence-electron chi connectivity index (χ2n) is 4.66. The first kappa shape index (κ1) is 14.9. The molecule has 1 unspecified atom stereocenters. The number of amides is 1. The van der Waals surface area contributed by atoms with Crippen molar-refractivity contribution in [3.63, 3.8) is 0 Å².